The van der Waals surface area contributed by atoms with Crippen molar-refractivity contribution in [2.75, 3.05) is 6.54 Å². The number of hydrogen-bond donors (Lipinski definition) is 1. The van der Waals surface area contributed by atoms with E-state index in [-0.39, 0.29) is 6.04 Å². The van der Waals surface area contributed by atoms with Crippen LogP contribution in [-0.4, -0.2) is 6.54 Å². The van der Waals surface area contributed by atoms with Gasteiger partial charge in [-0.1, -0.05) is 37.6 Å². The Hall–Kier alpha value is -1.25. The highest BCUT2D eigenvalue weighted by Crippen LogP contribution is 2.27. The van der Waals surface area contributed by atoms with E-state index in [9.17, 15) is 0 Å². The third-order valence-electron chi connectivity index (χ3n) is 3.25. The second-order valence-electron chi connectivity index (χ2n) is 4.66. The maximum atomic E-state index is 6.22. The lowest BCUT2D eigenvalue weighted by atomic mass is 10.0. The topological polar surface area (TPSA) is 25.2 Å². The summed E-state index contributed by atoms with van der Waals surface area (Å²) in [5.74, 6) is 1.95. The fraction of sp³-hybridized carbons (Fsp3) is 0.375. The van der Waals surface area contributed by atoms with Crippen LogP contribution in [-0.2, 0) is 6.42 Å². The largest absolute Gasteiger partial charge is 0.464 e. The zero-order chi connectivity index (χ0) is 13.8. The van der Waals surface area contributed by atoms with Gasteiger partial charge >= 0.3 is 0 Å². The van der Waals surface area contributed by atoms with Crippen LogP contribution < -0.4 is 5.32 Å². The van der Waals surface area contributed by atoms with Crippen molar-refractivity contribution in [3.8, 4) is 0 Å². The predicted molar refractivity (Wildman–Crippen MR) is 79.8 cm³/mol. The smallest absolute Gasteiger partial charge is 0.125 e. The fourth-order valence-corrected chi connectivity index (χ4v) is 2.30. The molecule has 0 saturated carbocycles. The molecule has 0 fully saturated rings. The van der Waals surface area contributed by atoms with Crippen molar-refractivity contribution in [2.24, 2.45) is 0 Å². The maximum Gasteiger partial charge on any atom is 0.125 e. The Balaban J connectivity index is 2.35. The normalized spacial score (nSPS) is 12.6. The second kappa shape index (κ2) is 6.27. The lowest BCUT2D eigenvalue weighted by molar-refractivity contribution is 0.426. The molecule has 2 rings (SSSR count). The summed E-state index contributed by atoms with van der Waals surface area (Å²) in [6.45, 7) is 7.06. The lowest BCUT2D eigenvalue weighted by Crippen LogP contribution is -2.21. The van der Waals surface area contributed by atoms with Crippen LogP contribution in [0.1, 0.15) is 42.5 Å². The average molecular weight is 278 g/mol. The van der Waals surface area contributed by atoms with Crippen molar-refractivity contribution in [2.45, 2.75) is 33.2 Å². The van der Waals surface area contributed by atoms with Gasteiger partial charge in [-0.15, -0.1) is 0 Å². The summed E-state index contributed by atoms with van der Waals surface area (Å²) >= 11 is 6.22. The number of halogens is 1. The summed E-state index contributed by atoms with van der Waals surface area (Å²) < 4.78 is 5.87. The van der Waals surface area contributed by atoms with Gasteiger partial charge < -0.3 is 9.73 Å². The molecule has 19 heavy (non-hydrogen) atoms. The molecule has 2 aromatic rings. The fourth-order valence-electron chi connectivity index (χ4n) is 2.12. The van der Waals surface area contributed by atoms with E-state index in [1.165, 1.54) is 0 Å². The Labute approximate surface area is 119 Å². The van der Waals surface area contributed by atoms with Crippen molar-refractivity contribution in [3.05, 3.63) is 58.0 Å². The summed E-state index contributed by atoms with van der Waals surface area (Å²) in [5.41, 5.74) is 2.23. The number of hydrogen-bond acceptors (Lipinski definition) is 2. The van der Waals surface area contributed by atoms with Gasteiger partial charge in [-0.05, 0) is 42.8 Å². The standard InChI is InChI=1S/C16H20ClNO/c1-4-13-8-9-15(19-13)16(18-5-2)12-7-6-11(3)14(17)10-12/h6-10,16,18H,4-5H2,1-3H3. The van der Waals surface area contributed by atoms with Gasteiger partial charge in [-0.25, -0.2) is 0 Å². The molecule has 0 bridgehead atoms. The molecule has 1 atom stereocenters. The molecule has 0 amide bonds. The number of nitrogens with one attached hydrogen (secondary N) is 1. The Bertz CT molecular complexity index is 547. The first-order chi connectivity index (χ1) is 9.15. The number of rotatable bonds is 5. The molecule has 1 heterocycles. The molecule has 102 valence electrons. The van der Waals surface area contributed by atoms with Crippen molar-refractivity contribution in [3.63, 3.8) is 0 Å². The summed E-state index contributed by atoms with van der Waals surface area (Å²) in [6, 6.07) is 10.3. The van der Waals surface area contributed by atoms with E-state index >= 15 is 0 Å². The average Bonchev–Trinajstić information content (AvgIpc) is 2.88. The molecule has 2 nitrogen and oxygen atoms in total. The van der Waals surface area contributed by atoms with Crippen LogP contribution in [0.5, 0.6) is 0 Å². The third-order valence-corrected chi connectivity index (χ3v) is 3.66. The number of benzene rings is 1. The molecular formula is C16H20ClNO. The van der Waals surface area contributed by atoms with Crippen LogP contribution in [0.25, 0.3) is 0 Å². The van der Waals surface area contributed by atoms with Crippen LogP contribution in [0, 0.1) is 6.92 Å². The van der Waals surface area contributed by atoms with E-state index in [1.807, 2.05) is 31.2 Å². The minimum atomic E-state index is 0.0587. The van der Waals surface area contributed by atoms with E-state index in [4.69, 9.17) is 16.0 Å². The third kappa shape index (κ3) is 3.20. The Morgan fingerprint density at radius 1 is 1.21 bits per heavy atom. The molecule has 0 radical (unpaired) electrons. The van der Waals surface area contributed by atoms with Gasteiger partial charge in [0.15, 0.2) is 0 Å². The first-order valence-corrected chi connectivity index (χ1v) is 7.11. The first-order valence-electron chi connectivity index (χ1n) is 6.73. The zero-order valence-corrected chi connectivity index (χ0v) is 12.4. The van der Waals surface area contributed by atoms with Gasteiger partial charge in [-0.2, -0.15) is 0 Å². The van der Waals surface area contributed by atoms with Crippen molar-refractivity contribution in [1.82, 2.24) is 5.32 Å². The molecular weight excluding hydrogens is 258 g/mol. The molecule has 0 saturated heterocycles. The van der Waals surface area contributed by atoms with Crippen molar-refractivity contribution in [1.29, 1.82) is 0 Å². The van der Waals surface area contributed by atoms with Gasteiger partial charge in [0.25, 0.3) is 0 Å². The van der Waals surface area contributed by atoms with Crippen LogP contribution in [0.3, 0.4) is 0 Å². The van der Waals surface area contributed by atoms with Gasteiger partial charge in [-0.3, -0.25) is 0 Å². The molecule has 0 spiro atoms. The molecule has 3 heteroatoms. The first kappa shape index (κ1) is 14.2. The molecule has 0 aliphatic carbocycles. The van der Waals surface area contributed by atoms with Crippen LogP contribution >= 0.6 is 11.6 Å². The summed E-state index contributed by atoms with van der Waals surface area (Å²) in [5, 5.41) is 4.24. The van der Waals surface area contributed by atoms with Crippen molar-refractivity contribution < 1.29 is 4.42 Å². The molecule has 0 aliphatic heterocycles. The molecule has 1 aromatic heterocycles. The van der Waals surface area contributed by atoms with Gasteiger partial charge in [0.1, 0.15) is 11.5 Å². The highest BCUT2D eigenvalue weighted by molar-refractivity contribution is 6.31. The van der Waals surface area contributed by atoms with Crippen molar-refractivity contribution >= 4 is 11.6 Å². The predicted octanol–water partition coefficient (Wildman–Crippen LogP) is 4.50. The van der Waals surface area contributed by atoms with E-state index < -0.39 is 0 Å². The van der Waals surface area contributed by atoms with Crippen LogP contribution in [0.4, 0.5) is 0 Å². The van der Waals surface area contributed by atoms with E-state index in [2.05, 4.69) is 25.2 Å². The number of furan rings is 1. The van der Waals surface area contributed by atoms with Gasteiger partial charge in [0, 0.05) is 11.4 Å². The summed E-state index contributed by atoms with van der Waals surface area (Å²) in [4.78, 5) is 0. The Morgan fingerprint density at radius 2 is 2.00 bits per heavy atom. The SMILES string of the molecule is CCNC(c1ccc(C)c(Cl)c1)c1ccc(CC)o1. The summed E-state index contributed by atoms with van der Waals surface area (Å²) in [6.07, 6.45) is 0.910. The van der Waals surface area contributed by atoms with E-state index in [0.717, 1.165) is 40.6 Å². The minimum Gasteiger partial charge on any atom is -0.464 e. The monoisotopic (exact) mass is 277 g/mol. The molecule has 1 N–H and O–H groups in total. The van der Waals surface area contributed by atoms with Crippen LogP contribution in [0.15, 0.2) is 34.7 Å². The Morgan fingerprint density at radius 3 is 2.58 bits per heavy atom. The lowest BCUT2D eigenvalue weighted by Gasteiger charge is -2.17. The zero-order valence-electron chi connectivity index (χ0n) is 11.7. The Kier molecular flexibility index (Phi) is 4.67. The van der Waals surface area contributed by atoms with E-state index in [1.54, 1.807) is 0 Å². The van der Waals surface area contributed by atoms with Gasteiger partial charge in [0.2, 0.25) is 0 Å². The second-order valence-corrected chi connectivity index (χ2v) is 5.06. The highest BCUT2D eigenvalue weighted by atomic mass is 35.5. The van der Waals surface area contributed by atoms with E-state index in [0.29, 0.717) is 0 Å². The van der Waals surface area contributed by atoms with Crippen LogP contribution in [0.2, 0.25) is 5.02 Å². The van der Waals surface area contributed by atoms with Gasteiger partial charge in [0.05, 0.1) is 6.04 Å². The number of aryl methyl sites for hydroxylation is 2. The molecule has 0 aliphatic rings. The maximum absolute atomic E-state index is 6.22. The quantitative estimate of drug-likeness (QED) is 0.870. The summed E-state index contributed by atoms with van der Waals surface area (Å²) in [7, 11) is 0. The highest BCUT2D eigenvalue weighted by Gasteiger charge is 2.17. The minimum absolute atomic E-state index is 0.0587. The molecule has 1 unspecified atom stereocenters. The molecule has 1 aromatic carbocycles.